The Morgan fingerprint density at radius 1 is 0.544 bits per heavy atom. The second kappa shape index (κ2) is 42.0. The number of phosphoric ester groups is 1. The van der Waals surface area contributed by atoms with Crippen LogP contribution in [0.5, 0.6) is 0 Å². The van der Waals surface area contributed by atoms with Gasteiger partial charge in [0.2, 0.25) is 0 Å². The Morgan fingerprint density at radius 3 is 1.23 bits per heavy atom. The highest BCUT2D eigenvalue weighted by atomic mass is 31.2. The molecule has 0 aliphatic rings. The van der Waals surface area contributed by atoms with Gasteiger partial charge in [0.05, 0.1) is 27.7 Å². The van der Waals surface area contributed by atoms with Crippen molar-refractivity contribution in [3.8, 4) is 0 Å². The van der Waals surface area contributed by atoms with E-state index in [0.717, 1.165) is 19.3 Å². The van der Waals surface area contributed by atoms with Crippen molar-refractivity contribution in [3.63, 3.8) is 0 Å². The summed E-state index contributed by atoms with van der Waals surface area (Å²) in [5.74, 6) is -0.381. The van der Waals surface area contributed by atoms with Gasteiger partial charge in [-0.15, -0.1) is 0 Å². The molecular formula is C48H96NO7P. The van der Waals surface area contributed by atoms with E-state index in [1.807, 2.05) is 21.1 Å². The van der Waals surface area contributed by atoms with Crippen LogP contribution in [-0.2, 0) is 23.1 Å². The Morgan fingerprint density at radius 2 is 0.877 bits per heavy atom. The molecule has 8 nitrogen and oxygen atoms in total. The smallest absolute Gasteiger partial charge is 0.305 e. The Labute approximate surface area is 354 Å². The first-order valence-corrected chi connectivity index (χ1v) is 25.9. The number of hydrogen-bond acceptors (Lipinski definition) is 7. The number of quaternary nitrogens is 1. The van der Waals surface area contributed by atoms with E-state index in [-0.39, 0.29) is 19.2 Å². The monoisotopic (exact) mass is 830 g/mol. The molecule has 2 atom stereocenters. The molecule has 0 aromatic heterocycles. The van der Waals surface area contributed by atoms with Crippen LogP contribution in [0.25, 0.3) is 0 Å². The van der Waals surface area contributed by atoms with Crippen LogP contribution in [0.3, 0.4) is 0 Å². The van der Waals surface area contributed by atoms with Crippen molar-refractivity contribution in [2.24, 2.45) is 0 Å². The molecule has 0 aromatic rings. The summed E-state index contributed by atoms with van der Waals surface area (Å²) in [5.41, 5.74) is 0. The van der Waals surface area contributed by atoms with Gasteiger partial charge in [-0.05, 0) is 32.1 Å². The summed E-state index contributed by atoms with van der Waals surface area (Å²) in [6.07, 6.45) is 51.4. The average Bonchev–Trinajstić information content (AvgIpc) is 3.17. The van der Waals surface area contributed by atoms with Crippen LogP contribution >= 0.6 is 7.82 Å². The Kier molecular flexibility index (Phi) is 41.4. The first-order valence-electron chi connectivity index (χ1n) is 24.4. The van der Waals surface area contributed by atoms with Crippen molar-refractivity contribution in [2.75, 3.05) is 47.5 Å². The number of allylic oxidation sites excluding steroid dienone is 2. The molecule has 0 aliphatic heterocycles. The van der Waals surface area contributed by atoms with Crippen LogP contribution in [0.1, 0.15) is 238 Å². The van der Waals surface area contributed by atoms with E-state index in [1.54, 1.807) is 0 Å². The molecule has 57 heavy (non-hydrogen) atoms. The summed E-state index contributed by atoms with van der Waals surface area (Å²) in [6, 6.07) is 0. The molecular weight excluding hydrogens is 734 g/mol. The maximum Gasteiger partial charge on any atom is 0.305 e. The minimum Gasteiger partial charge on any atom is -0.756 e. The van der Waals surface area contributed by atoms with Crippen molar-refractivity contribution in [3.05, 3.63) is 12.2 Å². The standard InChI is InChI=1S/C48H96NO7P/c1-5-6-7-8-9-10-11-12-13-14-15-16-17-18-19-20-21-22-23-24-25-26-27-28-29-30-31-32-33-34-35-36-37-38-39-40-41-42-48(51)54-45-47(50)46-56-57(52,53)55-44-43-49(2,3)4/h14-15,47,50H,5-13,16-46H2,1-4H3/b15-14-. The van der Waals surface area contributed by atoms with Crippen LogP contribution in [0.4, 0.5) is 0 Å². The SMILES string of the molecule is CCCCCCCCCC/C=C\CCCCCCCCCCCCCCCCCCCCCCCCCCCC(=O)OCC(O)COP(=O)([O-])OCC[N+](C)(C)C. The lowest BCUT2D eigenvalue weighted by Gasteiger charge is -2.27. The maximum atomic E-state index is 12.0. The van der Waals surface area contributed by atoms with Crippen molar-refractivity contribution in [1.82, 2.24) is 0 Å². The molecule has 0 aliphatic carbocycles. The van der Waals surface area contributed by atoms with E-state index in [2.05, 4.69) is 19.1 Å². The molecule has 1 N–H and O–H groups in total. The van der Waals surface area contributed by atoms with Crippen LogP contribution in [0.2, 0.25) is 0 Å². The summed E-state index contributed by atoms with van der Waals surface area (Å²) in [5, 5.41) is 9.90. The minimum atomic E-state index is -4.50. The number of rotatable bonds is 46. The van der Waals surface area contributed by atoms with Gasteiger partial charge in [-0.25, -0.2) is 0 Å². The third-order valence-corrected chi connectivity index (χ3v) is 12.0. The second-order valence-corrected chi connectivity index (χ2v) is 19.5. The van der Waals surface area contributed by atoms with Gasteiger partial charge in [-0.2, -0.15) is 0 Å². The van der Waals surface area contributed by atoms with Gasteiger partial charge >= 0.3 is 5.97 Å². The van der Waals surface area contributed by atoms with Crippen molar-refractivity contribution in [2.45, 2.75) is 244 Å². The zero-order valence-corrected chi connectivity index (χ0v) is 39.2. The number of aliphatic hydroxyl groups is 1. The van der Waals surface area contributed by atoms with Gasteiger partial charge in [0.1, 0.15) is 25.9 Å². The lowest BCUT2D eigenvalue weighted by molar-refractivity contribution is -0.870. The highest BCUT2D eigenvalue weighted by Crippen LogP contribution is 2.38. The van der Waals surface area contributed by atoms with E-state index < -0.39 is 20.5 Å². The number of carbonyl (C=O) groups is 1. The molecule has 0 saturated heterocycles. The lowest BCUT2D eigenvalue weighted by atomic mass is 10.0. The first kappa shape index (κ1) is 56.2. The molecule has 9 heteroatoms. The van der Waals surface area contributed by atoms with E-state index in [1.165, 1.54) is 205 Å². The molecule has 340 valence electrons. The summed E-state index contributed by atoms with van der Waals surface area (Å²) in [6.45, 7) is 1.98. The molecule has 0 rings (SSSR count). The van der Waals surface area contributed by atoms with E-state index in [9.17, 15) is 19.4 Å². The molecule has 0 aromatic carbocycles. The van der Waals surface area contributed by atoms with Crippen LogP contribution in [-0.4, -0.2) is 69.2 Å². The zero-order chi connectivity index (χ0) is 42.0. The average molecular weight is 830 g/mol. The Balaban J connectivity index is 3.29. The Bertz CT molecular complexity index is 925. The number of phosphoric acid groups is 1. The Hall–Kier alpha value is -0.760. The molecule has 2 unspecified atom stereocenters. The quantitative estimate of drug-likeness (QED) is 0.0214. The summed E-state index contributed by atoms with van der Waals surface area (Å²) in [7, 11) is 1.26. The number of aliphatic hydroxyl groups excluding tert-OH is 1. The van der Waals surface area contributed by atoms with E-state index in [4.69, 9.17) is 13.8 Å². The lowest BCUT2D eigenvalue weighted by Crippen LogP contribution is -2.37. The summed E-state index contributed by atoms with van der Waals surface area (Å²) >= 11 is 0. The number of nitrogens with zero attached hydrogens (tertiary/aromatic N) is 1. The number of hydrogen-bond donors (Lipinski definition) is 1. The van der Waals surface area contributed by atoms with Crippen molar-refractivity contribution < 1.29 is 37.6 Å². The fraction of sp³-hybridized carbons (Fsp3) is 0.938. The van der Waals surface area contributed by atoms with E-state index in [0.29, 0.717) is 17.4 Å². The zero-order valence-electron chi connectivity index (χ0n) is 38.3. The summed E-state index contributed by atoms with van der Waals surface area (Å²) in [4.78, 5) is 23.7. The largest absolute Gasteiger partial charge is 0.756 e. The van der Waals surface area contributed by atoms with Crippen LogP contribution in [0, 0.1) is 0 Å². The number of likely N-dealkylation sites (N-methyl/N-ethyl adjacent to an activating group) is 1. The second-order valence-electron chi connectivity index (χ2n) is 18.0. The fourth-order valence-corrected chi connectivity index (χ4v) is 7.91. The van der Waals surface area contributed by atoms with Crippen molar-refractivity contribution >= 4 is 13.8 Å². The van der Waals surface area contributed by atoms with Gasteiger partial charge < -0.3 is 28.3 Å². The molecule has 0 spiro atoms. The van der Waals surface area contributed by atoms with Crippen LogP contribution in [0.15, 0.2) is 12.2 Å². The maximum absolute atomic E-state index is 12.0. The molecule has 0 saturated carbocycles. The third-order valence-electron chi connectivity index (χ3n) is 11.0. The van der Waals surface area contributed by atoms with Gasteiger partial charge in [-0.1, -0.05) is 212 Å². The predicted octanol–water partition coefficient (Wildman–Crippen LogP) is 13.7. The van der Waals surface area contributed by atoms with Gasteiger partial charge in [0, 0.05) is 6.42 Å². The molecule has 0 amide bonds. The highest BCUT2D eigenvalue weighted by molar-refractivity contribution is 7.45. The molecule has 0 fully saturated rings. The fourth-order valence-electron chi connectivity index (χ4n) is 7.18. The molecule has 0 heterocycles. The third kappa shape index (κ3) is 47.8. The number of ether oxygens (including phenoxy) is 1. The van der Waals surface area contributed by atoms with Gasteiger partial charge in [0.15, 0.2) is 0 Å². The number of unbranched alkanes of at least 4 members (excludes halogenated alkanes) is 33. The highest BCUT2D eigenvalue weighted by Gasteiger charge is 2.17. The van der Waals surface area contributed by atoms with Crippen molar-refractivity contribution in [1.29, 1.82) is 0 Å². The molecule has 0 radical (unpaired) electrons. The number of carbonyl (C=O) groups excluding carboxylic acids is 1. The first-order chi connectivity index (χ1) is 27.6. The van der Waals surface area contributed by atoms with E-state index >= 15 is 0 Å². The predicted molar refractivity (Wildman–Crippen MR) is 240 cm³/mol. The topological polar surface area (TPSA) is 105 Å². The molecule has 0 bridgehead atoms. The summed E-state index contributed by atoms with van der Waals surface area (Å²) < 4.78 is 26.9. The normalized spacial score (nSPS) is 13.7. The van der Waals surface area contributed by atoms with Crippen LogP contribution < -0.4 is 4.89 Å². The number of esters is 1. The van der Waals surface area contributed by atoms with Gasteiger partial charge in [0.25, 0.3) is 7.82 Å². The minimum absolute atomic E-state index is 0.00553. The van der Waals surface area contributed by atoms with Gasteiger partial charge in [-0.3, -0.25) is 9.36 Å².